The zero-order valence-corrected chi connectivity index (χ0v) is 43.7. The molecule has 0 fully saturated rings. The molecule has 0 saturated heterocycles. The Balaban J connectivity index is 1.11. The number of carbonyl (C=O) groups is 8. The van der Waals surface area contributed by atoms with Crippen molar-refractivity contribution in [2.45, 2.75) is 25.7 Å². The largest absolute Gasteiger partial charge is 0.472 e. The van der Waals surface area contributed by atoms with Gasteiger partial charge in [-0.1, -0.05) is 146 Å². The fraction of sp³-hybridized carbons (Fsp3) is 0.0175. The van der Waals surface area contributed by atoms with Gasteiger partial charge in [0.15, 0.2) is 46.3 Å². The van der Waals surface area contributed by atoms with E-state index < -0.39 is 157 Å². The molecule has 0 atom stereocenters. The van der Waals surface area contributed by atoms with Crippen molar-refractivity contribution in [3.63, 3.8) is 0 Å². The van der Waals surface area contributed by atoms with Crippen LogP contribution in [0, 0.1) is 0 Å². The van der Waals surface area contributed by atoms with Crippen LogP contribution in [-0.4, -0.2) is 86.1 Å². The number of rotatable bonds is 12. The van der Waals surface area contributed by atoms with Gasteiger partial charge in [0.2, 0.25) is 0 Å². The lowest BCUT2D eigenvalue weighted by Crippen LogP contribution is -2.49. The summed E-state index contributed by atoms with van der Waals surface area (Å²) >= 11 is 0. The van der Waals surface area contributed by atoms with Gasteiger partial charge in [-0.3, -0.25) is 38.4 Å². The molecule has 12 rings (SSSR count). The third kappa shape index (κ3) is 8.14. The van der Waals surface area contributed by atoms with Crippen molar-refractivity contribution < 1.29 is 88.8 Å². The molecule has 24 heteroatoms. The maximum Gasteiger partial charge on any atom is 0.472 e. The minimum Gasteiger partial charge on any atom is -0.289 e. The van der Waals surface area contributed by atoms with Crippen LogP contribution in [0.15, 0.2) is 189 Å². The van der Waals surface area contributed by atoms with Crippen LogP contribution in [-0.2, 0) is 57.2 Å². The molecule has 8 aromatic rings. The summed E-state index contributed by atoms with van der Waals surface area (Å²) in [6.07, 6.45) is -5.33. The second-order valence-corrected chi connectivity index (χ2v) is 24.2. The molecule has 4 aliphatic rings. The van der Waals surface area contributed by atoms with Gasteiger partial charge in [0.05, 0.1) is 22.3 Å². The Morgan fingerprint density at radius 2 is 0.370 bits per heavy atom. The Hall–Kier alpha value is -9.24. The number of benzene rings is 8. The highest BCUT2D eigenvalue weighted by molar-refractivity contribution is 7.89. The van der Waals surface area contributed by atoms with E-state index in [2.05, 4.69) is 0 Å². The van der Waals surface area contributed by atoms with Crippen molar-refractivity contribution in [1.82, 2.24) is 0 Å². The smallest absolute Gasteiger partial charge is 0.289 e. The van der Waals surface area contributed by atoms with E-state index in [-0.39, 0.29) is 44.5 Å². The van der Waals surface area contributed by atoms with Crippen LogP contribution in [0.1, 0.15) is 127 Å². The van der Waals surface area contributed by atoms with Gasteiger partial charge in [0.1, 0.15) is 19.6 Å². The van der Waals surface area contributed by atoms with E-state index in [1.165, 1.54) is 72.8 Å². The monoisotopic (exact) mass is 1160 g/mol. The number of hydrogen-bond acceptors (Lipinski definition) is 20. The topological polar surface area (TPSA) is 310 Å². The number of fused-ring (bicyclic) bond motifs is 8. The predicted molar refractivity (Wildman–Crippen MR) is 275 cm³/mol. The molecular weight excluding hydrogens is 1130 g/mol. The third-order valence-corrected chi connectivity index (χ3v) is 18.8. The lowest BCUT2D eigenvalue weighted by atomic mass is 9.84. The van der Waals surface area contributed by atoms with E-state index in [1.807, 2.05) is 0 Å². The molecule has 0 bridgehead atoms. The van der Waals surface area contributed by atoms with Crippen LogP contribution in [0.25, 0.3) is 0 Å². The lowest BCUT2D eigenvalue weighted by molar-refractivity contribution is -0.360. The Labute approximate surface area is 457 Å². The highest BCUT2D eigenvalue weighted by Gasteiger charge is 2.57. The predicted octanol–water partition coefficient (Wildman–Crippen LogP) is 6.32. The van der Waals surface area contributed by atoms with E-state index in [4.69, 9.17) is 16.7 Å². The Morgan fingerprint density at radius 1 is 0.210 bits per heavy atom. The molecule has 400 valence electrons. The fourth-order valence-corrected chi connectivity index (χ4v) is 15.0. The van der Waals surface area contributed by atoms with Crippen molar-refractivity contribution in [1.29, 1.82) is 0 Å². The minimum absolute atomic E-state index is 0.205. The van der Waals surface area contributed by atoms with Crippen molar-refractivity contribution in [3.8, 4) is 0 Å². The number of hydrogen-bond donors (Lipinski definition) is 0. The summed E-state index contributed by atoms with van der Waals surface area (Å²) in [6.45, 7) is 0. The molecule has 0 heterocycles. The highest BCUT2D eigenvalue weighted by Crippen LogP contribution is 2.43. The van der Waals surface area contributed by atoms with Crippen molar-refractivity contribution >= 4 is 86.7 Å². The third-order valence-electron chi connectivity index (χ3n) is 13.6. The van der Waals surface area contributed by atoms with Crippen molar-refractivity contribution in [2.24, 2.45) is 0 Å². The van der Waals surface area contributed by atoms with Crippen LogP contribution in [0.4, 0.5) is 0 Å². The summed E-state index contributed by atoms with van der Waals surface area (Å²) < 4.78 is 144. The molecule has 0 aliphatic heterocycles. The Bertz CT molecular complexity index is 4220. The van der Waals surface area contributed by atoms with Gasteiger partial charge in [0, 0.05) is 66.8 Å². The first-order valence-electron chi connectivity index (χ1n) is 23.6. The molecule has 4 aliphatic carbocycles. The average Bonchev–Trinajstić information content (AvgIpc) is 3.54. The Morgan fingerprint density at radius 3 is 0.556 bits per heavy atom. The SMILES string of the molecule is O=C1c2ccccc2C(=O)c2c1cccc2S(=O)(=O)OC(OS(=O)(=O)c1cccc2c1C(=O)c1ccccc1C2=O)(OS(=O)(=O)c1cccc2c1C(=O)c1ccccc1C2=O)OS(=O)(=O)c1cccc2c1C(=O)c1ccccc1C2=O. The van der Waals surface area contributed by atoms with Gasteiger partial charge in [-0.25, -0.2) is 0 Å². The molecular formula is C57H28O20S4. The summed E-state index contributed by atoms with van der Waals surface area (Å²) in [5.41, 5.74) is -8.80. The molecule has 81 heavy (non-hydrogen) atoms. The second kappa shape index (κ2) is 18.4. The molecule has 8 aromatic carbocycles. The van der Waals surface area contributed by atoms with Gasteiger partial charge in [-0.05, 0) is 24.3 Å². The maximum atomic E-state index is 15.3. The standard InChI is InChI=1S/C57H28O20S4/c58-49-29-13-1-5-17-33(29)53(62)45-37(49)21-9-25-41(45)78(66,67)74-57(75-79(68,69)42-26-10-22-38-46(42)54(63)34-18-6-2-14-30(34)50(38)59,76-80(70,71)43-27-11-23-39-47(43)55(64)35-19-7-3-15-31(35)51(39)60)77-81(72,73)44-28-12-24-40-48(44)56(65)36-20-8-4-16-32(36)52(40)61/h1-28H. The van der Waals surface area contributed by atoms with Gasteiger partial charge in [0.25, 0.3) is 0 Å². The zero-order valence-electron chi connectivity index (χ0n) is 40.5. The van der Waals surface area contributed by atoms with Gasteiger partial charge in [-0.15, -0.1) is 0 Å². The van der Waals surface area contributed by atoms with Crippen LogP contribution < -0.4 is 0 Å². The quantitative estimate of drug-likeness (QED) is 0.0954. The number of carbonyl (C=O) groups excluding carboxylic acids is 8. The van der Waals surface area contributed by atoms with E-state index in [0.717, 1.165) is 72.8 Å². The van der Waals surface area contributed by atoms with Crippen molar-refractivity contribution in [2.75, 3.05) is 0 Å². The maximum absolute atomic E-state index is 15.3. The summed E-state index contributed by atoms with van der Waals surface area (Å²) in [4.78, 5) is 107. The normalized spacial score (nSPS) is 14.7. The van der Waals surface area contributed by atoms with Crippen LogP contribution in [0.2, 0.25) is 0 Å². The molecule has 20 nitrogen and oxygen atoms in total. The van der Waals surface area contributed by atoms with E-state index in [1.54, 1.807) is 0 Å². The summed E-state index contributed by atoms with van der Waals surface area (Å²) in [6, 6.07) is 30.5. The average molecular weight is 1160 g/mol. The molecule has 0 aromatic heterocycles. The first-order valence-corrected chi connectivity index (χ1v) is 29.2. The first-order chi connectivity index (χ1) is 38.5. The van der Waals surface area contributed by atoms with Gasteiger partial charge >= 0.3 is 46.6 Å². The van der Waals surface area contributed by atoms with E-state index in [9.17, 15) is 38.4 Å². The van der Waals surface area contributed by atoms with Crippen molar-refractivity contribution in [3.05, 3.63) is 259 Å². The van der Waals surface area contributed by atoms with Crippen LogP contribution in [0.3, 0.4) is 0 Å². The summed E-state index contributed by atoms with van der Waals surface area (Å²) in [7, 11) is -25.7. The van der Waals surface area contributed by atoms with Crippen LogP contribution in [0.5, 0.6) is 0 Å². The first kappa shape index (κ1) is 52.5. The van der Waals surface area contributed by atoms with E-state index >= 15 is 33.7 Å². The minimum atomic E-state index is -6.42. The highest BCUT2D eigenvalue weighted by atomic mass is 32.2. The van der Waals surface area contributed by atoms with E-state index in [0.29, 0.717) is 24.3 Å². The Kier molecular flexibility index (Phi) is 11.9. The lowest BCUT2D eigenvalue weighted by Gasteiger charge is -2.31. The summed E-state index contributed by atoms with van der Waals surface area (Å²) in [5.74, 6) is -8.55. The molecule has 0 saturated carbocycles. The van der Waals surface area contributed by atoms with Crippen LogP contribution >= 0.6 is 0 Å². The molecule has 0 N–H and O–H groups in total. The van der Waals surface area contributed by atoms with Gasteiger partial charge < -0.3 is 0 Å². The second-order valence-electron chi connectivity index (χ2n) is 18.2. The molecule has 0 radical (unpaired) electrons. The molecule has 0 unspecified atom stereocenters. The fourth-order valence-electron chi connectivity index (χ4n) is 10.1. The number of ketones is 8. The zero-order chi connectivity index (χ0) is 57.3. The van der Waals surface area contributed by atoms with Gasteiger partial charge in [-0.2, -0.15) is 50.4 Å². The molecule has 0 amide bonds. The molecule has 0 spiro atoms. The summed E-state index contributed by atoms with van der Waals surface area (Å²) in [5, 5.41) is 0.